The number of nitrogens with one attached hydrogen (secondary N) is 1. The molecule has 3 N–H and O–H groups in total. The number of nitrogens with zero attached hydrogens (tertiary/aromatic N) is 3. The van der Waals surface area contributed by atoms with E-state index < -0.39 is 0 Å². The Bertz CT molecular complexity index is 771. The van der Waals surface area contributed by atoms with Gasteiger partial charge in [0, 0.05) is 41.2 Å². The summed E-state index contributed by atoms with van der Waals surface area (Å²) in [6, 6.07) is 13.6. The molecule has 0 unspecified atom stereocenters. The highest BCUT2D eigenvalue weighted by Crippen LogP contribution is 2.31. The number of rotatable bonds is 14. The molecule has 0 atom stereocenters. The molecule has 2 aromatic rings. The van der Waals surface area contributed by atoms with Gasteiger partial charge in [-0.3, -0.25) is 0 Å². The maximum atomic E-state index is 9.16. The van der Waals surface area contributed by atoms with Crippen molar-refractivity contribution in [3.05, 3.63) is 42.5 Å². The van der Waals surface area contributed by atoms with E-state index in [0.717, 1.165) is 46.0 Å². The highest BCUT2D eigenvalue weighted by Gasteiger charge is 2.06. The lowest BCUT2D eigenvalue weighted by molar-refractivity contribution is 0.281. The summed E-state index contributed by atoms with van der Waals surface area (Å²) >= 11 is 5.04. The first kappa shape index (κ1) is 24.5. The zero-order valence-electron chi connectivity index (χ0n) is 17.1. The number of alkyl halides is 1. The fraction of sp³-hybridized carbons (Fsp3) is 0.429. The van der Waals surface area contributed by atoms with E-state index in [9.17, 15) is 0 Å². The van der Waals surface area contributed by atoms with Crippen molar-refractivity contribution in [2.45, 2.75) is 11.3 Å². The van der Waals surface area contributed by atoms with Crippen LogP contribution in [0.15, 0.2) is 57.6 Å². The smallest absolute Gasteiger partial charge is 0.120 e. The molecule has 2 rings (SSSR count). The average molecular weight is 497 g/mol. The van der Waals surface area contributed by atoms with Crippen LogP contribution in [-0.2, 0) is 0 Å². The molecular weight excluding hydrogens is 468 g/mol. The summed E-state index contributed by atoms with van der Waals surface area (Å²) in [5, 5.41) is 31.3. The minimum absolute atomic E-state index is 0.0376. The molecule has 30 heavy (non-hydrogen) atoms. The number of ether oxygens (including phenoxy) is 1. The van der Waals surface area contributed by atoms with E-state index in [2.05, 4.69) is 31.5 Å². The Labute approximate surface area is 190 Å². The lowest BCUT2D eigenvalue weighted by Gasteiger charge is -2.22. The van der Waals surface area contributed by atoms with Gasteiger partial charge in [0.1, 0.15) is 11.6 Å². The summed E-state index contributed by atoms with van der Waals surface area (Å²) in [5.74, 6) is 1.30. The Morgan fingerprint density at radius 2 is 1.83 bits per heavy atom. The van der Waals surface area contributed by atoms with Crippen molar-refractivity contribution in [2.24, 2.45) is 10.2 Å². The molecule has 0 amide bonds. The minimum Gasteiger partial charge on any atom is -0.497 e. The molecule has 0 aliphatic rings. The summed E-state index contributed by atoms with van der Waals surface area (Å²) < 4.78 is 5.34. The maximum Gasteiger partial charge on any atom is 0.120 e. The summed E-state index contributed by atoms with van der Waals surface area (Å²) in [6.45, 7) is 1.92. The van der Waals surface area contributed by atoms with Gasteiger partial charge < -0.3 is 25.2 Å². The molecule has 0 heterocycles. The van der Waals surface area contributed by atoms with Crippen LogP contribution in [0.2, 0.25) is 0 Å². The van der Waals surface area contributed by atoms with Gasteiger partial charge >= 0.3 is 0 Å². The number of hydrogen-bond donors (Lipinski definition) is 3. The quantitative estimate of drug-likeness (QED) is 0.154. The first-order valence-electron chi connectivity index (χ1n) is 9.76. The summed E-state index contributed by atoms with van der Waals surface area (Å²) in [6.07, 6.45) is 1.04. The van der Waals surface area contributed by atoms with Crippen LogP contribution in [0.25, 0.3) is 0 Å². The monoisotopic (exact) mass is 496 g/mol. The second kappa shape index (κ2) is 14.2. The van der Waals surface area contributed by atoms with Crippen LogP contribution < -0.4 is 15.0 Å². The van der Waals surface area contributed by atoms with Crippen LogP contribution in [0.3, 0.4) is 0 Å². The van der Waals surface area contributed by atoms with Gasteiger partial charge in [-0.2, -0.15) is 10.2 Å². The van der Waals surface area contributed by atoms with Gasteiger partial charge in [-0.1, -0.05) is 27.7 Å². The molecule has 0 bridgehead atoms. The molecule has 7 nitrogen and oxygen atoms in total. The van der Waals surface area contributed by atoms with Gasteiger partial charge in [-0.05, 0) is 48.9 Å². The van der Waals surface area contributed by atoms with E-state index in [1.807, 2.05) is 47.4 Å². The highest BCUT2D eigenvalue weighted by atomic mass is 79.9. The van der Waals surface area contributed by atoms with E-state index in [1.54, 1.807) is 18.9 Å². The number of aliphatic hydroxyl groups excluding tert-OH is 2. The summed E-state index contributed by atoms with van der Waals surface area (Å²) in [7, 11) is 1.66. The van der Waals surface area contributed by atoms with Crippen molar-refractivity contribution >= 4 is 44.8 Å². The van der Waals surface area contributed by atoms with Gasteiger partial charge in [-0.15, -0.1) is 0 Å². The predicted molar refractivity (Wildman–Crippen MR) is 128 cm³/mol. The number of anilines is 2. The molecule has 164 valence electrons. The number of azo groups is 1. The lowest BCUT2D eigenvalue weighted by Crippen LogP contribution is -2.29. The van der Waals surface area contributed by atoms with E-state index in [-0.39, 0.29) is 13.2 Å². The van der Waals surface area contributed by atoms with Crippen LogP contribution in [0.5, 0.6) is 5.75 Å². The van der Waals surface area contributed by atoms with Gasteiger partial charge in [0.05, 0.1) is 26.0 Å². The van der Waals surface area contributed by atoms with E-state index >= 15 is 0 Å². The van der Waals surface area contributed by atoms with Crippen LogP contribution in [0.1, 0.15) is 6.42 Å². The summed E-state index contributed by atoms with van der Waals surface area (Å²) in [5.41, 5.74) is 2.75. The van der Waals surface area contributed by atoms with E-state index in [4.69, 9.17) is 14.9 Å². The van der Waals surface area contributed by atoms with Crippen LogP contribution in [0.4, 0.5) is 17.1 Å². The SMILES string of the molecule is COc1ccc(NCCCBr)c(SCN=Nc2ccc(N(CCO)CCO)cc2)c1. The van der Waals surface area contributed by atoms with Crippen molar-refractivity contribution in [1.29, 1.82) is 0 Å². The topological polar surface area (TPSA) is 89.7 Å². The molecule has 0 saturated heterocycles. The van der Waals surface area contributed by atoms with Crippen LogP contribution in [0, 0.1) is 0 Å². The maximum absolute atomic E-state index is 9.16. The summed E-state index contributed by atoms with van der Waals surface area (Å²) in [4.78, 5) is 2.99. The number of aliphatic hydroxyl groups is 2. The van der Waals surface area contributed by atoms with Gasteiger partial charge in [0.25, 0.3) is 0 Å². The number of methoxy groups -OCH3 is 1. The number of benzene rings is 2. The minimum atomic E-state index is 0.0376. The highest BCUT2D eigenvalue weighted by molar-refractivity contribution is 9.09. The molecule has 0 aliphatic carbocycles. The van der Waals surface area contributed by atoms with Gasteiger partial charge in [0.2, 0.25) is 0 Å². The lowest BCUT2D eigenvalue weighted by atomic mass is 10.2. The molecule has 0 radical (unpaired) electrons. The molecule has 0 saturated carbocycles. The third-order valence-electron chi connectivity index (χ3n) is 4.23. The molecule has 0 aliphatic heterocycles. The molecular formula is C21H29BrN4O3S. The van der Waals surface area contributed by atoms with Crippen LogP contribution >= 0.6 is 27.7 Å². The average Bonchev–Trinajstić information content (AvgIpc) is 2.78. The molecule has 0 aromatic heterocycles. The van der Waals surface area contributed by atoms with E-state index in [0.29, 0.717) is 19.0 Å². The fourth-order valence-electron chi connectivity index (χ4n) is 2.74. The Hall–Kier alpha value is -1.81. The third kappa shape index (κ3) is 8.14. The van der Waals surface area contributed by atoms with Crippen LogP contribution in [-0.4, -0.2) is 61.4 Å². The number of thioether (sulfide) groups is 1. The Kier molecular flexibility index (Phi) is 11.6. The van der Waals surface area contributed by atoms with Crippen molar-refractivity contribution in [2.75, 3.05) is 61.4 Å². The first-order chi connectivity index (χ1) is 14.7. The van der Waals surface area contributed by atoms with E-state index in [1.165, 1.54) is 0 Å². The fourth-order valence-corrected chi connectivity index (χ4v) is 3.77. The second-order valence-corrected chi connectivity index (χ2v) is 8.08. The predicted octanol–water partition coefficient (Wildman–Crippen LogP) is 4.52. The second-order valence-electron chi connectivity index (χ2n) is 6.30. The van der Waals surface area contributed by atoms with Crippen molar-refractivity contribution in [3.8, 4) is 5.75 Å². The Morgan fingerprint density at radius 1 is 1.10 bits per heavy atom. The van der Waals surface area contributed by atoms with Crippen molar-refractivity contribution in [3.63, 3.8) is 0 Å². The standard InChI is InChI=1S/C21H29BrN4O3S/c1-29-19-7-8-20(23-10-2-9-22)21(15-19)30-16-24-25-17-3-5-18(6-4-17)26(11-13-27)12-14-28/h3-8,15,23,27-28H,2,9-14,16H2,1H3. The zero-order chi connectivity index (χ0) is 21.6. The molecule has 0 fully saturated rings. The number of hydrogen-bond acceptors (Lipinski definition) is 8. The molecule has 2 aromatic carbocycles. The van der Waals surface area contributed by atoms with Gasteiger partial charge in [0.15, 0.2) is 0 Å². The van der Waals surface area contributed by atoms with Gasteiger partial charge in [-0.25, -0.2) is 0 Å². The Balaban J connectivity index is 1.95. The first-order valence-corrected chi connectivity index (χ1v) is 11.9. The Morgan fingerprint density at radius 3 is 2.47 bits per heavy atom. The third-order valence-corrected chi connectivity index (χ3v) is 5.69. The van der Waals surface area contributed by atoms with Crippen molar-refractivity contribution < 1.29 is 14.9 Å². The normalized spacial score (nSPS) is 11.1. The molecule has 0 spiro atoms. The largest absolute Gasteiger partial charge is 0.497 e. The molecule has 9 heteroatoms. The van der Waals surface area contributed by atoms with Crippen molar-refractivity contribution in [1.82, 2.24) is 0 Å². The zero-order valence-corrected chi connectivity index (χ0v) is 19.5. The number of halogens is 1.